The fraction of sp³-hybridized carbons (Fsp3) is 0.579. The Morgan fingerprint density at radius 2 is 1.92 bits per heavy atom. The summed E-state index contributed by atoms with van der Waals surface area (Å²) in [6, 6.07) is 3.24. The molecular weight excluding hydrogens is 318 g/mol. The number of piperidine rings is 1. The highest BCUT2D eigenvalue weighted by Gasteiger charge is 2.32. The number of likely N-dealkylation sites (tertiary alicyclic amines) is 1. The predicted octanol–water partition coefficient (Wildman–Crippen LogP) is 3.58. The van der Waals surface area contributed by atoms with Crippen LogP contribution in [0.4, 0.5) is 0 Å². The van der Waals surface area contributed by atoms with Crippen molar-refractivity contribution in [2.75, 3.05) is 13.1 Å². The van der Waals surface area contributed by atoms with E-state index in [1.54, 1.807) is 0 Å². The van der Waals surface area contributed by atoms with E-state index in [0.717, 1.165) is 58.3 Å². The Labute approximate surface area is 147 Å². The number of nitrogens with zero attached hydrogens (tertiary/aromatic N) is 2. The summed E-state index contributed by atoms with van der Waals surface area (Å²) < 4.78 is 0. The summed E-state index contributed by atoms with van der Waals surface area (Å²) in [6.07, 6.45) is 4.87. The van der Waals surface area contributed by atoms with Gasteiger partial charge in [-0.1, -0.05) is 0 Å². The van der Waals surface area contributed by atoms with Crippen molar-refractivity contribution in [3.05, 3.63) is 27.8 Å². The second-order valence-corrected chi connectivity index (χ2v) is 8.33. The zero-order valence-corrected chi connectivity index (χ0v) is 15.5. The SMILES string of the molecule is Cc1cc(C)c2c(C)c(C(=O)NC3CCN(C4CC4)CC3)sc2n1. The number of fused-ring (bicyclic) bond motifs is 1. The Balaban J connectivity index is 1.49. The highest BCUT2D eigenvalue weighted by Crippen LogP contribution is 2.33. The lowest BCUT2D eigenvalue weighted by molar-refractivity contribution is 0.0913. The molecule has 1 saturated carbocycles. The number of pyridine rings is 1. The van der Waals surface area contributed by atoms with Gasteiger partial charge in [0.15, 0.2) is 0 Å². The third-order valence-corrected chi connectivity index (χ3v) is 6.54. The molecule has 2 aromatic rings. The minimum Gasteiger partial charge on any atom is -0.349 e. The lowest BCUT2D eigenvalue weighted by Crippen LogP contribution is -2.45. The molecule has 2 fully saturated rings. The van der Waals surface area contributed by atoms with E-state index in [0.29, 0.717) is 6.04 Å². The number of carbonyl (C=O) groups excluding carboxylic acids is 1. The number of nitrogens with one attached hydrogen (secondary N) is 1. The van der Waals surface area contributed by atoms with Gasteiger partial charge in [-0.3, -0.25) is 4.79 Å². The van der Waals surface area contributed by atoms with Crippen molar-refractivity contribution in [2.45, 2.75) is 58.5 Å². The maximum atomic E-state index is 12.8. The molecule has 3 heterocycles. The first-order chi connectivity index (χ1) is 11.5. The monoisotopic (exact) mass is 343 g/mol. The second-order valence-electron chi connectivity index (χ2n) is 7.33. The first-order valence-electron chi connectivity index (χ1n) is 8.95. The van der Waals surface area contributed by atoms with Gasteiger partial charge in [0.1, 0.15) is 4.83 Å². The number of carbonyl (C=O) groups is 1. The summed E-state index contributed by atoms with van der Waals surface area (Å²) in [5.41, 5.74) is 3.30. The molecule has 4 rings (SSSR count). The van der Waals surface area contributed by atoms with Gasteiger partial charge in [-0.25, -0.2) is 4.98 Å². The Morgan fingerprint density at radius 3 is 2.58 bits per heavy atom. The smallest absolute Gasteiger partial charge is 0.261 e. The Kier molecular flexibility index (Phi) is 4.09. The number of aromatic nitrogens is 1. The second kappa shape index (κ2) is 6.12. The van der Waals surface area contributed by atoms with Crippen molar-refractivity contribution in [3.8, 4) is 0 Å². The average Bonchev–Trinajstić information content (AvgIpc) is 3.32. The van der Waals surface area contributed by atoms with Gasteiger partial charge in [0.2, 0.25) is 0 Å². The molecule has 1 amide bonds. The number of rotatable bonds is 3. The third kappa shape index (κ3) is 2.95. The topological polar surface area (TPSA) is 45.2 Å². The molecule has 1 aliphatic carbocycles. The number of amides is 1. The fourth-order valence-electron chi connectivity index (χ4n) is 3.94. The van der Waals surface area contributed by atoms with E-state index in [1.165, 1.54) is 29.7 Å². The number of thiophene rings is 1. The van der Waals surface area contributed by atoms with Crippen LogP contribution in [0, 0.1) is 20.8 Å². The number of hydrogen-bond acceptors (Lipinski definition) is 4. The normalized spacial score (nSPS) is 19.8. The molecule has 5 heteroatoms. The molecule has 1 saturated heterocycles. The first kappa shape index (κ1) is 16.0. The molecule has 128 valence electrons. The van der Waals surface area contributed by atoms with Gasteiger partial charge in [-0.15, -0.1) is 11.3 Å². The average molecular weight is 343 g/mol. The molecule has 1 N–H and O–H groups in total. The fourth-order valence-corrected chi connectivity index (χ4v) is 5.14. The zero-order chi connectivity index (χ0) is 16.8. The summed E-state index contributed by atoms with van der Waals surface area (Å²) in [6.45, 7) is 8.41. The van der Waals surface area contributed by atoms with Crippen LogP contribution in [0.5, 0.6) is 0 Å². The molecule has 2 aromatic heterocycles. The summed E-state index contributed by atoms with van der Waals surface area (Å²) in [5, 5.41) is 4.42. The molecule has 0 aromatic carbocycles. The van der Waals surface area contributed by atoms with E-state index < -0.39 is 0 Å². The van der Waals surface area contributed by atoms with Crippen molar-refractivity contribution in [1.29, 1.82) is 0 Å². The van der Waals surface area contributed by atoms with Gasteiger partial charge >= 0.3 is 0 Å². The maximum Gasteiger partial charge on any atom is 0.261 e. The van der Waals surface area contributed by atoms with Crippen LogP contribution < -0.4 is 5.32 Å². The molecule has 2 aliphatic rings. The lowest BCUT2D eigenvalue weighted by Gasteiger charge is -2.32. The molecule has 0 spiro atoms. The highest BCUT2D eigenvalue weighted by atomic mass is 32.1. The van der Waals surface area contributed by atoms with E-state index >= 15 is 0 Å². The number of aryl methyl sites for hydroxylation is 3. The summed E-state index contributed by atoms with van der Waals surface area (Å²) in [7, 11) is 0. The highest BCUT2D eigenvalue weighted by molar-refractivity contribution is 7.20. The van der Waals surface area contributed by atoms with Gasteiger partial charge < -0.3 is 10.2 Å². The van der Waals surface area contributed by atoms with Crippen molar-refractivity contribution in [1.82, 2.24) is 15.2 Å². The van der Waals surface area contributed by atoms with Gasteiger partial charge in [-0.05, 0) is 63.6 Å². The van der Waals surface area contributed by atoms with Gasteiger partial charge in [0.05, 0.1) is 4.88 Å². The van der Waals surface area contributed by atoms with E-state index in [4.69, 9.17) is 0 Å². The van der Waals surface area contributed by atoms with Gasteiger partial charge in [0, 0.05) is 36.3 Å². The molecular formula is C19H25N3OS. The zero-order valence-electron chi connectivity index (χ0n) is 14.7. The predicted molar refractivity (Wildman–Crippen MR) is 98.9 cm³/mol. The quantitative estimate of drug-likeness (QED) is 0.926. The molecule has 24 heavy (non-hydrogen) atoms. The van der Waals surface area contributed by atoms with Crippen LogP contribution in [0.15, 0.2) is 6.07 Å². The lowest BCUT2D eigenvalue weighted by atomic mass is 10.0. The van der Waals surface area contributed by atoms with Crippen molar-refractivity contribution >= 4 is 27.5 Å². The van der Waals surface area contributed by atoms with E-state index in [2.05, 4.69) is 28.2 Å². The molecule has 1 aliphatic heterocycles. The first-order valence-corrected chi connectivity index (χ1v) is 9.77. The Bertz CT molecular complexity index is 785. The summed E-state index contributed by atoms with van der Waals surface area (Å²) in [5.74, 6) is 0.0809. The molecule has 0 atom stereocenters. The largest absolute Gasteiger partial charge is 0.349 e. The van der Waals surface area contributed by atoms with E-state index in [-0.39, 0.29) is 5.91 Å². The Morgan fingerprint density at radius 1 is 1.21 bits per heavy atom. The van der Waals surface area contributed by atoms with Crippen molar-refractivity contribution < 1.29 is 4.79 Å². The molecule has 0 unspecified atom stereocenters. The maximum absolute atomic E-state index is 12.8. The Hall–Kier alpha value is -1.46. The number of hydrogen-bond donors (Lipinski definition) is 1. The third-order valence-electron chi connectivity index (χ3n) is 5.36. The van der Waals surface area contributed by atoms with Crippen LogP contribution >= 0.6 is 11.3 Å². The van der Waals surface area contributed by atoms with Crippen LogP contribution in [0.25, 0.3) is 10.2 Å². The van der Waals surface area contributed by atoms with Gasteiger partial charge in [-0.2, -0.15) is 0 Å². The van der Waals surface area contributed by atoms with Crippen LogP contribution in [0.3, 0.4) is 0 Å². The summed E-state index contributed by atoms with van der Waals surface area (Å²) >= 11 is 1.53. The van der Waals surface area contributed by atoms with Crippen LogP contribution in [-0.4, -0.2) is 41.0 Å². The van der Waals surface area contributed by atoms with Gasteiger partial charge in [0.25, 0.3) is 5.91 Å². The van der Waals surface area contributed by atoms with E-state index in [1.807, 2.05) is 13.8 Å². The van der Waals surface area contributed by atoms with Crippen molar-refractivity contribution in [3.63, 3.8) is 0 Å². The standard InChI is InChI=1S/C19H25N3OS/c1-11-10-12(2)20-19-16(11)13(3)17(24-19)18(23)21-14-6-8-22(9-7-14)15-4-5-15/h10,14-15H,4-9H2,1-3H3,(H,21,23). The van der Waals surface area contributed by atoms with Crippen LogP contribution in [-0.2, 0) is 0 Å². The van der Waals surface area contributed by atoms with Crippen LogP contribution in [0.1, 0.15) is 52.2 Å². The van der Waals surface area contributed by atoms with Crippen molar-refractivity contribution in [2.24, 2.45) is 0 Å². The summed E-state index contributed by atoms with van der Waals surface area (Å²) in [4.78, 5) is 21.8. The minimum absolute atomic E-state index is 0.0809. The van der Waals surface area contributed by atoms with E-state index in [9.17, 15) is 4.79 Å². The van der Waals surface area contributed by atoms with Crippen LogP contribution in [0.2, 0.25) is 0 Å². The molecule has 0 radical (unpaired) electrons. The minimum atomic E-state index is 0.0809. The molecule has 4 nitrogen and oxygen atoms in total. The molecule has 0 bridgehead atoms.